The number of pyridine rings is 1. The highest BCUT2D eigenvalue weighted by Crippen LogP contribution is 2.58. The molecular weight excluding hydrogens is 787 g/mol. The summed E-state index contributed by atoms with van der Waals surface area (Å²) in [4.78, 5) is 62.8. The summed E-state index contributed by atoms with van der Waals surface area (Å²) in [5, 5.41) is 3.01. The lowest BCUT2D eigenvalue weighted by Gasteiger charge is -2.40. The van der Waals surface area contributed by atoms with Crippen LogP contribution in [-0.4, -0.2) is 84.2 Å². The minimum Gasteiger partial charge on any atom is -0.497 e. The number of aromatic nitrogens is 1. The van der Waals surface area contributed by atoms with E-state index in [9.17, 15) is 27.6 Å². The van der Waals surface area contributed by atoms with Gasteiger partial charge in [0, 0.05) is 29.6 Å². The zero-order valence-electron chi connectivity index (χ0n) is 34.1. The topological polar surface area (TPSA) is 170 Å². The van der Waals surface area contributed by atoms with E-state index < -0.39 is 86.4 Å². The molecule has 1 aromatic carbocycles. The number of methoxy groups -OCH3 is 1. The Morgan fingerprint density at radius 3 is 2.56 bits per heavy atom. The van der Waals surface area contributed by atoms with Gasteiger partial charge in [0.05, 0.1) is 54.6 Å². The summed E-state index contributed by atoms with van der Waals surface area (Å²) in [5.74, 6) is -7.53. The van der Waals surface area contributed by atoms with Crippen molar-refractivity contribution in [2.75, 3.05) is 20.3 Å². The molecule has 1 saturated heterocycles. The monoisotopic (exact) mass is 840 g/mol. The van der Waals surface area contributed by atoms with Crippen molar-refractivity contribution in [2.45, 2.75) is 138 Å². The Kier molecular flexibility index (Phi) is 10.5. The van der Waals surface area contributed by atoms with Crippen LogP contribution in [0.15, 0.2) is 30.4 Å². The molecule has 59 heavy (non-hydrogen) atoms. The summed E-state index contributed by atoms with van der Waals surface area (Å²) in [6.07, 6.45) is 7.60. The quantitative estimate of drug-likeness (QED) is 0.228. The number of alkyl halides is 2. The Bertz CT molecular complexity index is 2210. The number of halogens is 2. The molecule has 0 bridgehead atoms. The number of carbonyl (C=O) groups excluding carboxylic acids is 4. The molecule has 3 amide bonds. The van der Waals surface area contributed by atoms with Crippen molar-refractivity contribution in [3.63, 3.8) is 0 Å². The highest BCUT2D eigenvalue weighted by Gasteiger charge is 2.65. The van der Waals surface area contributed by atoms with Gasteiger partial charge in [0.25, 0.3) is 11.8 Å². The van der Waals surface area contributed by atoms with Crippen LogP contribution < -0.4 is 19.5 Å². The van der Waals surface area contributed by atoms with Crippen LogP contribution in [0, 0.1) is 17.8 Å². The van der Waals surface area contributed by atoms with Crippen LogP contribution >= 0.6 is 0 Å². The zero-order valence-corrected chi connectivity index (χ0v) is 34.9. The maximum Gasteiger partial charge on any atom is 0.306 e. The van der Waals surface area contributed by atoms with Gasteiger partial charge in [-0.15, -0.1) is 0 Å². The van der Waals surface area contributed by atoms with Crippen molar-refractivity contribution in [1.82, 2.24) is 19.9 Å². The molecule has 2 N–H and O–H groups in total. The summed E-state index contributed by atoms with van der Waals surface area (Å²) in [6, 6.07) is 3.42. The molecule has 6 aliphatic rings. The van der Waals surface area contributed by atoms with E-state index in [2.05, 4.69) is 10.0 Å². The molecule has 1 aromatic heterocycles. The Labute approximate surface area is 343 Å². The lowest BCUT2D eigenvalue weighted by atomic mass is 9.84. The van der Waals surface area contributed by atoms with Crippen molar-refractivity contribution < 1.29 is 50.6 Å². The Morgan fingerprint density at radius 2 is 1.86 bits per heavy atom. The molecule has 4 heterocycles. The molecule has 0 radical (unpaired) electrons. The average molecular weight is 841 g/mol. The van der Waals surface area contributed by atoms with Crippen molar-refractivity contribution in [3.8, 4) is 11.5 Å². The predicted octanol–water partition coefficient (Wildman–Crippen LogP) is 5.93. The first-order valence-electron chi connectivity index (χ1n) is 21.0. The molecule has 2 aromatic rings. The predicted molar refractivity (Wildman–Crippen MR) is 212 cm³/mol. The zero-order chi connectivity index (χ0) is 42.1. The van der Waals surface area contributed by atoms with E-state index in [1.807, 2.05) is 26.0 Å². The number of rotatable bonds is 9. The normalized spacial score (nSPS) is 30.5. The Balaban J connectivity index is 1.18. The van der Waals surface area contributed by atoms with Gasteiger partial charge in [0.2, 0.25) is 21.8 Å². The van der Waals surface area contributed by atoms with Gasteiger partial charge < -0.3 is 24.4 Å². The lowest BCUT2D eigenvalue weighted by molar-refractivity contribution is -0.151. The number of allylic oxidation sites excluding steroid dienone is 1. The molecular formula is C43H54F2N4O9S. The third-order valence-electron chi connectivity index (χ3n) is 13.1. The summed E-state index contributed by atoms with van der Waals surface area (Å²) in [5.41, 5.74) is -2.95. The number of nitrogens with zero attached hydrogens (tertiary/aromatic N) is 2. The fourth-order valence-electron chi connectivity index (χ4n) is 9.06. The van der Waals surface area contributed by atoms with Gasteiger partial charge in [-0.1, -0.05) is 38.8 Å². The molecule has 5 atom stereocenters. The first kappa shape index (κ1) is 41.4. The largest absolute Gasteiger partial charge is 0.497 e. The minimum absolute atomic E-state index is 0.0567. The number of benzene rings is 1. The van der Waals surface area contributed by atoms with Gasteiger partial charge in [0.1, 0.15) is 22.9 Å². The number of ether oxygens (including phenoxy) is 3. The first-order valence-corrected chi connectivity index (χ1v) is 22.5. The van der Waals surface area contributed by atoms with Crippen LogP contribution in [0.3, 0.4) is 0 Å². The average Bonchev–Trinajstić information content (AvgIpc) is 4.11. The Hall–Kier alpha value is -4.34. The van der Waals surface area contributed by atoms with Crippen molar-refractivity contribution in [2.24, 2.45) is 17.8 Å². The second-order valence-electron chi connectivity index (χ2n) is 18.4. The molecule has 320 valence electrons. The second kappa shape index (κ2) is 15.0. The van der Waals surface area contributed by atoms with Gasteiger partial charge in [0.15, 0.2) is 5.75 Å². The van der Waals surface area contributed by atoms with Gasteiger partial charge in [-0.25, -0.2) is 22.2 Å². The number of carbonyl (C=O) groups is 4. The lowest BCUT2D eigenvalue weighted by Crippen LogP contribution is -2.57. The van der Waals surface area contributed by atoms with Gasteiger partial charge in [-0.3, -0.25) is 23.9 Å². The fraction of sp³-hybridized carbons (Fsp3) is 0.651. The third-order valence-corrected chi connectivity index (χ3v) is 15.2. The van der Waals surface area contributed by atoms with E-state index >= 15 is 8.78 Å². The summed E-state index contributed by atoms with van der Waals surface area (Å²) in [7, 11) is -2.63. The molecule has 0 unspecified atom stereocenters. The first-order chi connectivity index (χ1) is 27.9. The number of sulfonamides is 1. The smallest absolute Gasteiger partial charge is 0.306 e. The fourth-order valence-corrected chi connectivity index (χ4v) is 10.4. The maximum absolute atomic E-state index is 17.1. The molecule has 13 nitrogen and oxygen atoms in total. The van der Waals surface area contributed by atoms with E-state index in [-0.39, 0.29) is 54.4 Å². The van der Waals surface area contributed by atoms with E-state index in [0.717, 1.165) is 19.3 Å². The SMILES string of the molecule is COc1ccc2nc(C3CC3)c3c(c2c1)C(F)(F)C[C@]1(C[C@H]2C(=O)N[C@]4(C(=O)NS(=O)(=O)C5(C)CC5)C[C@H]4/C=C\CCCCC[C@H](CC(=O)OCC(C)C)C(=O)N2C1)O3. The van der Waals surface area contributed by atoms with E-state index in [1.54, 1.807) is 19.1 Å². The standard InChI is InChI=1S/C43H54F2N4O9S/c1-25(2)22-57-33(50)18-27-10-8-6-5-7-9-11-28-20-42(28,39(53)48-59(54,55)40(3)16-17-40)47-37(51)32-21-41(24-49(32)38(27)52)23-43(44,45)34-30-19-29(56-4)14-15-31(30)46-35(26-12-13-26)36(34)58-41/h9,11,14-15,19,25-28,32H,5-8,10,12-13,16-18,20-24H2,1-4H3,(H,47,51)(H,48,53)/b11-9-/t27-,28-,32+,41+,42-/m1/s1. The van der Waals surface area contributed by atoms with Crippen LogP contribution in [0.2, 0.25) is 0 Å². The van der Waals surface area contributed by atoms with Crippen LogP contribution in [0.5, 0.6) is 11.5 Å². The molecule has 3 saturated carbocycles. The molecule has 16 heteroatoms. The number of amides is 3. The van der Waals surface area contributed by atoms with Crippen LogP contribution in [0.1, 0.15) is 121 Å². The second-order valence-corrected chi connectivity index (χ2v) is 20.6. The minimum atomic E-state index is -4.08. The number of hydrogen-bond donors (Lipinski definition) is 2. The van der Waals surface area contributed by atoms with Crippen molar-refractivity contribution >= 4 is 44.6 Å². The molecule has 4 fully saturated rings. The van der Waals surface area contributed by atoms with E-state index in [4.69, 9.17) is 19.2 Å². The van der Waals surface area contributed by atoms with Gasteiger partial charge in [-0.2, -0.15) is 0 Å². The molecule has 1 spiro atoms. The molecule has 3 aliphatic carbocycles. The summed E-state index contributed by atoms with van der Waals surface area (Å²) in [6.45, 7) is 5.10. The number of hydrogen-bond acceptors (Lipinski definition) is 10. The highest BCUT2D eigenvalue weighted by atomic mass is 32.2. The van der Waals surface area contributed by atoms with Crippen LogP contribution in [0.25, 0.3) is 10.9 Å². The summed E-state index contributed by atoms with van der Waals surface area (Å²) >= 11 is 0. The van der Waals surface area contributed by atoms with Crippen LogP contribution in [0.4, 0.5) is 8.78 Å². The number of fused-ring (bicyclic) bond motifs is 5. The molecule has 3 aliphatic heterocycles. The summed E-state index contributed by atoms with van der Waals surface area (Å²) < 4.78 is 79.4. The van der Waals surface area contributed by atoms with E-state index in [0.29, 0.717) is 55.5 Å². The van der Waals surface area contributed by atoms with Gasteiger partial charge in [-0.05, 0) is 82.4 Å². The number of esters is 1. The van der Waals surface area contributed by atoms with Crippen LogP contribution in [-0.2, 0) is 39.9 Å². The van der Waals surface area contributed by atoms with E-state index in [1.165, 1.54) is 18.1 Å². The van der Waals surface area contributed by atoms with Crippen molar-refractivity contribution in [3.05, 3.63) is 41.6 Å². The maximum atomic E-state index is 17.1. The third kappa shape index (κ3) is 7.90. The molecule has 8 rings (SSSR count). The van der Waals surface area contributed by atoms with Gasteiger partial charge >= 0.3 is 5.97 Å². The Morgan fingerprint density at radius 1 is 1.10 bits per heavy atom. The van der Waals surface area contributed by atoms with Crippen molar-refractivity contribution in [1.29, 1.82) is 0 Å². The number of nitrogens with one attached hydrogen (secondary N) is 2. The highest BCUT2D eigenvalue weighted by molar-refractivity contribution is 7.91.